The lowest BCUT2D eigenvalue weighted by Crippen LogP contribution is -2.47. The van der Waals surface area contributed by atoms with Crippen LogP contribution in [0.2, 0.25) is 5.02 Å². The number of ether oxygens (including phenoxy) is 2. The Morgan fingerprint density at radius 3 is 2.92 bits per heavy atom. The van der Waals surface area contributed by atoms with Crippen LogP contribution in [-0.4, -0.2) is 74.7 Å². The number of aliphatic hydroxyl groups is 1. The maximum absolute atomic E-state index is 11.8. The first-order valence-corrected chi connectivity index (χ1v) is 8.40. The molecule has 0 saturated carbocycles. The predicted molar refractivity (Wildman–Crippen MR) is 91.6 cm³/mol. The SMILES string of the molecule is O=C(NCCNC[C@H](O)COc1cccc(Cl)c1)N1CCOCC1. The van der Waals surface area contributed by atoms with Crippen molar-refractivity contribution in [2.45, 2.75) is 6.10 Å². The maximum Gasteiger partial charge on any atom is 0.317 e. The third-order valence-electron chi connectivity index (χ3n) is 3.49. The molecule has 1 aliphatic rings. The molecule has 1 fully saturated rings. The summed E-state index contributed by atoms with van der Waals surface area (Å²) in [5.41, 5.74) is 0. The smallest absolute Gasteiger partial charge is 0.317 e. The van der Waals surface area contributed by atoms with E-state index in [1.807, 2.05) is 0 Å². The quantitative estimate of drug-likeness (QED) is 0.597. The Kier molecular flexibility index (Phi) is 8.11. The highest BCUT2D eigenvalue weighted by molar-refractivity contribution is 6.30. The Hall–Kier alpha value is -1.54. The molecule has 0 radical (unpaired) electrons. The van der Waals surface area contributed by atoms with Gasteiger partial charge in [0, 0.05) is 37.7 Å². The summed E-state index contributed by atoms with van der Waals surface area (Å²) in [7, 11) is 0. The molecule has 1 aliphatic heterocycles. The zero-order chi connectivity index (χ0) is 17.2. The van der Waals surface area contributed by atoms with E-state index < -0.39 is 6.10 Å². The molecule has 0 aliphatic carbocycles. The molecular weight excluding hydrogens is 334 g/mol. The number of hydrogen-bond donors (Lipinski definition) is 3. The number of urea groups is 1. The van der Waals surface area contributed by atoms with Crippen LogP contribution < -0.4 is 15.4 Å². The fraction of sp³-hybridized carbons (Fsp3) is 0.562. The minimum Gasteiger partial charge on any atom is -0.491 e. The number of carbonyl (C=O) groups excluding carboxylic acids is 1. The molecule has 0 spiro atoms. The number of benzene rings is 1. The number of hydrogen-bond acceptors (Lipinski definition) is 5. The molecule has 0 bridgehead atoms. The Labute approximate surface area is 146 Å². The zero-order valence-corrected chi connectivity index (χ0v) is 14.3. The van der Waals surface area contributed by atoms with Crippen LogP contribution in [0.1, 0.15) is 0 Å². The Balaban J connectivity index is 1.51. The van der Waals surface area contributed by atoms with Crippen molar-refractivity contribution in [2.75, 3.05) is 52.5 Å². The van der Waals surface area contributed by atoms with Crippen molar-refractivity contribution >= 4 is 17.6 Å². The zero-order valence-electron chi connectivity index (χ0n) is 13.5. The number of morpholine rings is 1. The van der Waals surface area contributed by atoms with Crippen LogP contribution in [0.25, 0.3) is 0 Å². The summed E-state index contributed by atoms with van der Waals surface area (Å²) in [6.07, 6.45) is -0.640. The summed E-state index contributed by atoms with van der Waals surface area (Å²) in [5, 5.41) is 16.4. The second kappa shape index (κ2) is 10.4. The maximum atomic E-state index is 11.8. The van der Waals surface area contributed by atoms with Gasteiger partial charge < -0.3 is 30.1 Å². The van der Waals surface area contributed by atoms with E-state index >= 15 is 0 Å². The average molecular weight is 358 g/mol. The van der Waals surface area contributed by atoms with Crippen molar-refractivity contribution in [3.63, 3.8) is 0 Å². The monoisotopic (exact) mass is 357 g/mol. The fourth-order valence-electron chi connectivity index (χ4n) is 2.21. The number of aliphatic hydroxyl groups excluding tert-OH is 1. The molecular formula is C16H24ClN3O4. The number of rotatable bonds is 8. The summed E-state index contributed by atoms with van der Waals surface area (Å²) in [6, 6.07) is 6.96. The summed E-state index contributed by atoms with van der Waals surface area (Å²) in [5.74, 6) is 0.624. The number of nitrogens with one attached hydrogen (secondary N) is 2. The Morgan fingerprint density at radius 1 is 1.38 bits per heavy atom. The number of amides is 2. The van der Waals surface area contributed by atoms with Crippen molar-refractivity contribution in [3.8, 4) is 5.75 Å². The van der Waals surface area contributed by atoms with Crippen molar-refractivity contribution in [1.29, 1.82) is 0 Å². The van der Waals surface area contributed by atoms with Gasteiger partial charge in [0.2, 0.25) is 0 Å². The second-order valence-electron chi connectivity index (χ2n) is 5.46. The van der Waals surface area contributed by atoms with Crippen molar-refractivity contribution < 1.29 is 19.4 Å². The first kappa shape index (κ1) is 18.8. The molecule has 0 aromatic heterocycles. The minimum absolute atomic E-state index is 0.0788. The van der Waals surface area contributed by atoms with Crippen LogP contribution in [0.15, 0.2) is 24.3 Å². The van der Waals surface area contributed by atoms with Gasteiger partial charge in [-0.25, -0.2) is 4.79 Å². The number of nitrogens with zero attached hydrogens (tertiary/aromatic N) is 1. The molecule has 1 atom stereocenters. The molecule has 1 aromatic carbocycles. The predicted octanol–water partition coefficient (Wildman–Crippen LogP) is 0.711. The third-order valence-corrected chi connectivity index (χ3v) is 3.73. The molecule has 24 heavy (non-hydrogen) atoms. The van der Waals surface area contributed by atoms with Gasteiger partial charge in [0.1, 0.15) is 18.5 Å². The molecule has 8 heteroatoms. The van der Waals surface area contributed by atoms with E-state index in [9.17, 15) is 9.90 Å². The number of carbonyl (C=O) groups is 1. The lowest BCUT2D eigenvalue weighted by molar-refractivity contribution is 0.0532. The Morgan fingerprint density at radius 2 is 2.17 bits per heavy atom. The molecule has 1 saturated heterocycles. The number of halogens is 1. The van der Waals surface area contributed by atoms with Crippen molar-refractivity contribution in [3.05, 3.63) is 29.3 Å². The van der Waals surface area contributed by atoms with Crippen LogP contribution in [0.4, 0.5) is 4.79 Å². The van der Waals surface area contributed by atoms with Gasteiger partial charge in [-0.3, -0.25) is 0 Å². The van der Waals surface area contributed by atoms with Gasteiger partial charge in [-0.1, -0.05) is 17.7 Å². The molecule has 0 unspecified atom stereocenters. The molecule has 134 valence electrons. The lowest BCUT2D eigenvalue weighted by Gasteiger charge is -2.27. The summed E-state index contributed by atoms with van der Waals surface area (Å²) >= 11 is 5.86. The van der Waals surface area contributed by atoms with Gasteiger partial charge >= 0.3 is 6.03 Å². The van der Waals surface area contributed by atoms with Gasteiger partial charge in [0.15, 0.2) is 0 Å². The highest BCUT2D eigenvalue weighted by atomic mass is 35.5. The first-order valence-electron chi connectivity index (χ1n) is 8.03. The van der Waals surface area contributed by atoms with E-state index in [2.05, 4.69) is 10.6 Å². The fourth-order valence-corrected chi connectivity index (χ4v) is 2.39. The van der Waals surface area contributed by atoms with Crippen LogP contribution in [-0.2, 0) is 4.74 Å². The molecule has 7 nitrogen and oxygen atoms in total. The molecule has 1 aromatic rings. The van der Waals surface area contributed by atoms with Crippen LogP contribution >= 0.6 is 11.6 Å². The van der Waals surface area contributed by atoms with E-state index in [-0.39, 0.29) is 12.6 Å². The van der Waals surface area contributed by atoms with Gasteiger partial charge in [0.05, 0.1) is 13.2 Å². The van der Waals surface area contributed by atoms with Gasteiger partial charge in [-0.15, -0.1) is 0 Å². The average Bonchev–Trinajstić information content (AvgIpc) is 2.60. The largest absolute Gasteiger partial charge is 0.491 e. The molecule has 1 heterocycles. The van der Waals surface area contributed by atoms with Crippen molar-refractivity contribution in [2.24, 2.45) is 0 Å². The van der Waals surface area contributed by atoms with Crippen molar-refractivity contribution in [1.82, 2.24) is 15.5 Å². The van der Waals surface area contributed by atoms with Crippen LogP contribution in [0.5, 0.6) is 5.75 Å². The van der Waals surface area contributed by atoms with Crippen LogP contribution in [0.3, 0.4) is 0 Å². The summed E-state index contributed by atoms with van der Waals surface area (Å²) in [6.45, 7) is 4.05. The molecule has 2 amide bonds. The summed E-state index contributed by atoms with van der Waals surface area (Å²) in [4.78, 5) is 13.6. The summed E-state index contributed by atoms with van der Waals surface area (Å²) < 4.78 is 10.7. The Bertz CT molecular complexity index is 512. The molecule has 2 rings (SSSR count). The standard InChI is InChI=1S/C16H24ClN3O4/c17-13-2-1-3-15(10-13)24-12-14(21)11-18-4-5-19-16(22)20-6-8-23-9-7-20/h1-3,10,14,18,21H,4-9,11-12H2,(H,19,22)/t14-/m0/s1. The topological polar surface area (TPSA) is 83.1 Å². The minimum atomic E-state index is -0.640. The lowest BCUT2D eigenvalue weighted by atomic mass is 10.3. The normalized spacial score (nSPS) is 15.8. The van der Waals surface area contributed by atoms with E-state index in [1.165, 1.54) is 0 Å². The van der Waals surface area contributed by atoms with Gasteiger partial charge in [-0.2, -0.15) is 0 Å². The second-order valence-corrected chi connectivity index (χ2v) is 5.89. The van der Waals surface area contributed by atoms with Crippen LogP contribution in [0, 0.1) is 0 Å². The highest BCUT2D eigenvalue weighted by Gasteiger charge is 2.15. The van der Waals surface area contributed by atoms with Gasteiger partial charge in [-0.05, 0) is 18.2 Å². The first-order chi connectivity index (χ1) is 11.6. The van der Waals surface area contributed by atoms with E-state index in [0.717, 1.165) is 0 Å². The van der Waals surface area contributed by atoms with E-state index in [4.69, 9.17) is 21.1 Å². The highest BCUT2D eigenvalue weighted by Crippen LogP contribution is 2.17. The van der Waals surface area contributed by atoms with Gasteiger partial charge in [0.25, 0.3) is 0 Å². The molecule has 3 N–H and O–H groups in total. The van der Waals surface area contributed by atoms with E-state index in [0.29, 0.717) is 56.7 Å². The van der Waals surface area contributed by atoms with E-state index in [1.54, 1.807) is 29.2 Å². The third kappa shape index (κ3) is 6.92.